The smallest absolute Gasteiger partial charge is 0.164 e. The Morgan fingerprint density at radius 1 is 0.359 bits per heavy atom. The number of fused-ring (bicyclic) bond motifs is 13. The van der Waals surface area contributed by atoms with Crippen molar-refractivity contribution < 1.29 is 4.42 Å². The number of hydrogen-bond donors (Lipinski definition) is 0. The molecule has 4 heterocycles. The van der Waals surface area contributed by atoms with E-state index in [-0.39, 0.29) is 0 Å². The van der Waals surface area contributed by atoms with Crippen molar-refractivity contribution in [2.45, 2.75) is 6.42 Å². The van der Waals surface area contributed by atoms with Gasteiger partial charge in [-0.15, -0.1) is 0 Å². The molecule has 6 heteroatoms. The lowest BCUT2D eigenvalue weighted by atomic mass is 10.0. The Bertz CT molecular complexity index is 3990. The highest BCUT2D eigenvalue weighted by atomic mass is 16.3. The Morgan fingerprint density at radius 2 is 0.891 bits per heavy atom. The number of nitrogens with zero attached hydrogens (tertiary/aromatic N) is 5. The van der Waals surface area contributed by atoms with Crippen LogP contribution in [-0.4, -0.2) is 24.1 Å². The lowest BCUT2D eigenvalue weighted by Crippen LogP contribution is -2.00. The molecule has 298 valence electrons. The van der Waals surface area contributed by atoms with Gasteiger partial charge in [0.05, 0.1) is 27.5 Å². The van der Waals surface area contributed by atoms with Crippen molar-refractivity contribution in [3.05, 3.63) is 211 Å². The molecule has 0 spiro atoms. The zero-order chi connectivity index (χ0) is 41.9. The number of rotatable bonds is 5. The van der Waals surface area contributed by atoms with E-state index in [1.807, 2.05) is 66.7 Å². The van der Waals surface area contributed by atoms with Gasteiger partial charge in [-0.3, -0.25) is 0 Å². The normalized spacial score (nSPS) is 12.3. The molecule has 0 saturated carbocycles. The first-order valence-corrected chi connectivity index (χ1v) is 21.7. The molecule has 0 N–H and O–H groups in total. The largest absolute Gasteiger partial charge is 0.455 e. The van der Waals surface area contributed by atoms with Crippen molar-refractivity contribution in [1.29, 1.82) is 0 Å². The summed E-state index contributed by atoms with van der Waals surface area (Å²) in [5.74, 6) is 1.97. The van der Waals surface area contributed by atoms with Gasteiger partial charge in [0.15, 0.2) is 17.5 Å². The molecule has 13 aromatic rings. The van der Waals surface area contributed by atoms with E-state index in [4.69, 9.17) is 19.4 Å². The second-order valence-corrected chi connectivity index (χ2v) is 16.8. The fourth-order valence-corrected chi connectivity index (χ4v) is 10.3. The molecule has 1 aliphatic rings. The summed E-state index contributed by atoms with van der Waals surface area (Å²) >= 11 is 0. The Balaban J connectivity index is 0.911. The van der Waals surface area contributed by atoms with Crippen LogP contribution in [-0.2, 0) is 6.42 Å². The van der Waals surface area contributed by atoms with Crippen LogP contribution in [0.15, 0.2) is 205 Å². The number of para-hydroxylation sites is 3. The van der Waals surface area contributed by atoms with Crippen molar-refractivity contribution in [1.82, 2.24) is 24.1 Å². The van der Waals surface area contributed by atoms with Gasteiger partial charge < -0.3 is 13.6 Å². The molecule has 64 heavy (non-hydrogen) atoms. The van der Waals surface area contributed by atoms with Crippen LogP contribution in [0.3, 0.4) is 0 Å². The molecule has 0 radical (unpaired) electrons. The second-order valence-electron chi connectivity index (χ2n) is 16.8. The van der Waals surface area contributed by atoms with Gasteiger partial charge >= 0.3 is 0 Å². The molecule has 0 aliphatic heterocycles. The monoisotopic (exact) mass is 817 g/mol. The highest BCUT2D eigenvalue weighted by Crippen LogP contribution is 2.44. The van der Waals surface area contributed by atoms with Crippen molar-refractivity contribution in [2.24, 2.45) is 0 Å². The van der Waals surface area contributed by atoms with Gasteiger partial charge in [-0.05, 0) is 95.4 Å². The minimum atomic E-state index is 0.656. The molecule has 0 atom stereocenters. The fraction of sp³-hybridized carbons (Fsp3) is 0.0172. The van der Waals surface area contributed by atoms with Gasteiger partial charge in [-0.25, -0.2) is 15.0 Å². The Labute approximate surface area is 367 Å². The zero-order valence-electron chi connectivity index (χ0n) is 34.4. The highest BCUT2D eigenvalue weighted by Gasteiger charge is 2.24. The van der Waals surface area contributed by atoms with E-state index in [1.54, 1.807) is 0 Å². The van der Waals surface area contributed by atoms with E-state index in [0.717, 1.165) is 78.4 Å². The van der Waals surface area contributed by atoms with Crippen molar-refractivity contribution in [2.75, 3.05) is 0 Å². The number of benzene rings is 9. The van der Waals surface area contributed by atoms with Crippen molar-refractivity contribution >= 4 is 65.6 Å². The maximum absolute atomic E-state index is 6.60. The molecular formula is C58H35N5O. The third-order valence-electron chi connectivity index (χ3n) is 13.2. The van der Waals surface area contributed by atoms with Crippen LogP contribution in [0.5, 0.6) is 0 Å². The maximum Gasteiger partial charge on any atom is 0.164 e. The number of hydrogen-bond acceptors (Lipinski definition) is 4. The quantitative estimate of drug-likeness (QED) is 0.174. The average molecular weight is 818 g/mol. The lowest BCUT2D eigenvalue weighted by Gasteiger charge is -2.12. The molecular weight excluding hydrogens is 783 g/mol. The molecule has 4 aromatic heterocycles. The Kier molecular flexibility index (Phi) is 7.36. The summed E-state index contributed by atoms with van der Waals surface area (Å²) in [5.41, 5.74) is 16.6. The average Bonchev–Trinajstić information content (AvgIpc) is 4.11. The van der Waals surface area contributed by atoms with Crippen LogP contribution in [0.4, 0.5) is 0 Å². The Hall–Kier alpha value is -8.61. The van der Waals surface area contributed by atoms with Crippen LogP contribution >= 0.6 is 0 Å². The number of furan rings is 1. The summed E-state index contributed by atoms with van der Waals surface area (Å²) in [6, 6.07) is 71.1. The predicted octanol–water partition coefficient (Wildman–Crippen LogP) is 14.5. The van der Waals surface area contributed by atoms with E-state index in [9.17, 15) is 0 Å². The summed E-state index contributed by atoms with van der Waals surface area (Å²) in [5, 5.41) is 7.00. The maximum atomic E-state index is 6.60. The van der Waals surface area contributed by atoms with Crippen LogP contribution < -0.4 is 0 Å². The van der Waals surface area contributed by atoms with Crippen molar-refractivity contribution in [3.8, 4) is 56.7 Å². The third kappa shape index (κ3) is 5.17. The molecule has 1 aliphatic carbocycles. The van der Waals surface area contributed by atoms with Crippen LogP contribution in [0.2, 0.25) is 0 Å². The summed E-state index contributed by atoms with van der Waals surface area (Å²) in [6.45, 7) is 0. The van der Waals surface area contributed by atoms with E-state index in [1.165, 1.54) is 43.9 Å². The first-order valence-electron chi connectivity index (χ1n) is 21.7. The third-order valence-corrected chi connectivity index (χ3v) is 13.2. The van der Waals surface area contributed by atoms with Gasteiger partial charge in [-0.1, -0.05) is 133 Å². The lowest BCUT2D eigenvalue weighted by molar-refractivity contribution is 0.673. The minimum absolute atomic E-state index is 0.656. The molecule has 0 bridgehead atoms. The molecule has 14 rings (SSSR count). The summed E-state index contributed by atoms with van der Waals surface area (Å²) in [6.07, 6.45) is 0.878. The van der Waals surface area contributed by atoms with E-state index in [2.05, 4.69) is 143 Å². The first-order chi connectivity index (χ1) is 31.7. The van der Waals surface area contributed by atoms with Gasteiger partial charge in [-0.2, -0.15) is 0 Å². The van der Waals surface area contributed by atoms with E-state index >= 15 is 0 Å². The molecule has 0 unspecified atom stereocenters. The highest BCUT2D eigenvalue weighted by molar-refractivity contribution is 6.24. The predicted molar refractivity (Wildman–Crippen MR) is 260 cm³/mol. The SMILES string of the molecule is c1ccc(-c2nc(-c3ccccc3)nc(-c3ccc4c(c3)-c3cc(-n5c6ccccc6c6cc(-n7c8ccccc8c8c9oc%10ccccc%10c9ccc87)ccc65)ccc3C4)n2)cc1. The van der Waals surface area contributed by atoms with Gasteiger partial charge in [0.2, 0.25) is 0 Å². The first kappa shape index (κ1) is 35.0. The molecule has 9 aromatic carbocycles. The summed E-state index contributed by atoms with van der Waals surface area (Å²) < 4.78 is 11.4. The fourth-order valence-electron chi connectivity index (χ4n) is 10.3. The Morgan fingerprint density at radius 3 is 1.64 bits per heavy atom. The standard InChI is InChI=1S/C58H35N5O/c1-3-13-35(14-4-1)56-59-57(36-15-5-2-6-16-36)61-58(60-56)39-24-23-37-31-38-25-26-40(33-47(38)46(37)32-39)62-49-20-10-7-17-42(49)48-34-41(27-29-51(48)62)63-50-21-11-8-19-45(50)54-52(63)30-28-44-43-18-9-12-22-53(43)64-55(44)54/h1-30,32-34H,31H2. The minimum Gasteiger partial charge on any atom is -0.455 e. The number of aromatic nitrogens is 5. The molecule has 0 fully saturated rings. The van der Waals surface area contributed by atoms with E-state index in [0.29, 0.717) is 17.5 Å². The molecule has 0 amide bonds. The molecule has 0 saturated heterocycles. The van der Waals surface area contributed by atoms with Gasteiger partial charge in [0.1, 0.15) is 11.2 Å². The topological polar surface area (TPSA) is 61.7 Å². The summed E-state index contributed by atoms with van der Waals surface area (Å²) in [4.78, 5) is 15.0. The molecule has 6 nitrogen and oxygen atoms in total. The zero-order valence-corrected chi connectivity index (χ0v) is 34.4. The van der Waals surface area contributed by atoms with Gasteiger partial charge in [0, 0.05) is 55.0 Å². The second kappa shape index (κ2) is 13.4. The van der Waals surface area contributed by atoms with E-state index < -0.39 is 0 Å². The van der Waals surface area contributed by atoms with Crippen LogP contribution in [0.1, 0.15) is 11.1 Å². The van der Waals surface area contributed by atoms with Crippen LogP contribution in [0.25, 0.3) is 122 Å². The van der Waals surface area contributed by atoms with Crippen LogP contribution in [0, 0.1) is 0 Å². The van der Waals surface area contributed by atoms with Gasteiger partial charge in [0.25, 0.3) is 0 Å². The van der Waals surface area contributed by atoms with Crippen molar-refractivity contribution in [3.63, 3.8) is 0 Å². The summed E-state index contributed by atoms with van der Waals surface area (Å²) in [7, 11) is 0.